The number of halogens is 1. The zero-order valence-corrected chi connectivity index (χ0v) is 13.7. The molecule has 0 atom stereocenters. The van der Waals surface area contributed by atoms with Gasteiger partial charge in [0, 0.05) is 12.1 Å². The number of ether oxygens (including phenoxy) is 1. The topological polar surface area (TPSA) is 68.5 Å². The van der Waals surface area contributed by atoms with Crippen molar-refractivity contribution >= 4 is 33.5 Å². The fourth-order valence-corrected chi connectivity index (χ4v) is 2.22. The Hall–Kier alpha value is -2.08. The average Bonchev–Trinajstić information content (AvgIpc) is 2.93. The van der Waals surface area contributed by atoms with E-state index >= 15 is 0 Å². The van der Waals surface area contributed by atoms with Crippen LogP contribution in [0.15, 0.2) is 45.5 Å². The number of benzene rings is 1. The van der Waals surface area contributed by atoms with Gasteiger partial charge < -0.3 is 14.5 Å². The molecule has 116 valence electrons. The Bertz CT molecular complexity index is 666. The molecule has 0 fully saturated rings. The molecule has 2 aromatic rings. The highest BCUT2D eigenvalue weighted by Crippen LogP contribution is 2.17. The first-order valence-electron chi connectivity index (χ1n) is 6.89. The first-order chi connectivity index (χ1) is 10.6. The minimum absolute atomic E-state index is 0.225. The first kappa shape index (κ1) is 16.3. The lowest BCUT2D eigenvalue weighted by Gasteiger charge is -2.06. The Morgan fingerprint density at radius 3 is 2.77 bits per heavy atom. The number of furan rings is 1. The van der Waals surface area contributed by atoms with Gasteiger partial charge in [-0.3, -0.25) is 9.59 Å². The van der Waals surface area contributed by atoms with Crippen molar-refractivity contribution < 1.29 is 18.7 Å². The molecule has 0 saturated carbocycles. The minimum Gasteiger partial charge on any atom is -0.466 e. The predicted molar refractivity (Wildman–Crippen MR) is 85.8 cm³/mol. The molecule has 0 aliphatic carbocycles. The summed E-state index contributed by atoms with van der Waals surface area (Å²) in [5.74, 6) is -0.325. The van der Waals surface area contributed by atoms with E-state index in [4.69, 9.17) is 9.15 Å². The molecular weight excluding hydrogens is 350 g/mol. The van der Waals surface area contributed by atoms with Crippen molar-refractivity contribution in [3.8, 4) is 0 Å². The zero-order chi connectivity index (χ0) is 15.9. The molecule has 1 amide bonds. The smallest absolute Gasteiger partial charge is 0.306 e. The van der Waals surface area contributed by atoms with Gasteiger partial charge in [-0.25, -0.2) is 0 Å². The standard InChI is InChI=1S/C16H16BrNO4/c1-2-21-15(19)9-6-11-4-3-5-12(10-11)18-16(20)13-7-8-14(17)22-13/h3-5,7-8,10H,2,6,9H2,1H3,(H,18,20). The molecule has 1 aromatic carbocycles. The molecule has 1 N–H and O–H groups in total. The van der Waals surface area contributed by atoms with E-state index in [0.717, 1.165) is 5.56 Å². The van der Waals surface area contributed by atoms with Gasteiger partial charge in [0.2, 0.25) is 0 Å². The SMILES string of the molecule is CCOC(=O)CCc1cccc(NC(=O)c2ccc(Br)o2)c1. The van der Waals surface area contributed by atoms with E-state index in [-0.39, 0.29) is 17.6 Å². The lowest BCUT2D eigenvalue weighted by molar-refractivity contribution is -0.143. The number of nitrogens with one attached hydrogen (secondary N) is 1. The molecule has 0 saturated heterocycles. The highest BCUT2D eigenvalue weighted by molar-refractivity contribution is 9.10. The lowest BCUT2D eigenvalue weighted by Crippen LogP contribution is -2.11. The minimum atomic E-state index is -0.326. The van der Waals surface area contributed by atoms with Crippen LogP contribution >= 0.6 is 15.9 Å². The van der Waals surface area contributed by atoms with Crippen molar-refractivity contribution in [2.45, 2.75) is 19.8 Å². The van der Waals surface area contributed by atoms with Gasteiger partial charge in [0.05, 0.1) is 6.61 Å². The third-order valence-corrected chi connectivity index (χ3v) is 3.33. The first-order valence-corrected chi connectivity index (χ1v) is 7.69. The van der Waals surface area contributed by atoms with Gasteiger partial charge in [0.25, 0.3) is 5.91 Å². The molecule has 0 aliphatic heterocycles. The van der Waals surface area contributed by atoms with E-state index in [1.807, 2.05) is 18.2 Å². The summed E-state index contributed by atoms with van der Waals surface area (Å²) in [5, 5.41) is 2.76. The maximum absolute atomic E-state index is 12.0. The summed E-state index contributed by atoms with van der Waals surface area (Å²) < 4.78 is 10.6. The number of aryl methyl sites for hydroxylation is 1. The number of hydrogen-bond donors (Lipinski definition) is 1. The summed E-state index contributed by atoms with van der Waals surface area (Å²) in [6.45, 7) is 2.16. The molecule has 0 bridgehead atoms. The molecule has 1 heterocycles. The fraction of sp³-hybridized carbons (Fsp3) is 0.250. The van der Waals surface area contributed by atoms with Gasteiger partial charge in [0.15, 0.2) is 10.4 Å². The molecule has 5 nitrogen and oxygen atoms in total. The summed E-state index contributed by atoms with van der Waals surface area (Å²) in [6, 6.07) is 10.6. The van der Waals surface area contributed by atoms with Crippen LogP contribution in [-0.2, 0) is 16.0 Å². The van der Waals surface area contributed by atoms with Gasteiger partial charge in [-0.15, -0.1) is 0 Å². The van der Waals surface area contributed by atoms with E-state index in [2.05, 4.69) is 21.2 Å². The van der Waals surface area contributed by atoms with Crippen LogP contribution < -0.4 is 5.32 Å². The van der Waals surface area contributed by atoms with Crippen molar-refractivity contribution in [2.24, 2.45) is 0 Å². The monoisotopic (exact) mass is 365 g/mol. The quantitative estimate of drug-likeness (QED) is 0.790. The maximum atomic E-state index is 12.0. The lowest BCUT2D eigenvalue weighted by atomic mass is 10.1. The summed E-state index contributed by atoms with van der Waals surface area (Å²) in [7, 11) is 0. The van der Waals surface area contributed by atoms with Crippen LogP contribution in [0.2, 0.25) is 0 Å². The largest absolute Gasteiger partial charge is 0.466 e. The Kier molecular flexibility index (Phi) is 5.77. The molecule has 22 heavy (non-hydrogen) atoms. The van der Waals surface area contributed by atoms with Gasteiger partial charge >= 0.3 is 5.97 Å². The van der Waals surface area contributed by atoms with Crippen molar-refractivity contribution in [3.63, 3.8) is 0 Å². The van der Waals surface area contributed by atoms with Gasteiger partial charge in [0.1, 0.15) is 0 Å². The van der Waals surface area contributed by atoms with Crippen molar-refractivity contribution in [2.75, 3.05) is 11.9 Å². The van der Waals surface area contributed by atoms with Crippen LogP contribution in [0.25, 0.3) is 0 Å². The number of esters is 1. The van der Waals surface area contributed by atoms with Crippen molar-refractivity contribution in [3.05, 3.63) is 52.4 Å². The Labute approximate surface area is 136 Å². The van der Waals surface area contributed by atoms with E-state index in [1.54, 1.807) is 25.1 Å². The van der Waals surface area contributed by atoms with E-state index in [9.17, 15) is 9.59 Å². The molecule has 0 unspecified atom stereocenters. The summed E-state index contributed by atoms with van der Waals surface area (Å²) >= 11 is 3.15. The van der Waals surface area contributed by atoms with Crippen LogP contribution in [0.1, 0.15) is 29.5 Å². The van der Waals surface area contributed by atoms with Crippen LogP contribution in [0.4, 0.5) is 5.69 Å². The molecule has 2 rings (SSSR count). The van der Waals surface area contributed by atoms with Crippen LogP contribution in [-0.4, -0.2) is 18.5 Å². The van der Waals surface area contributed by atoms with E-state index in [0.29, 0.717) is 29.8 Å². The van der Waals surface area contributed by atoms with Crippen LogP contribution in [0, 0.1) is 0 Å². The number of carbonyl (C=O) groups is 2. The zero-order valence-electron chi connectivity index (χ0n) is 12.1. The van der Waals surface area contributed by atoms with Crippen LogP contribution in [0.5, 0.6) is 0 Å². The molecular formula is C16H16BrNO4. The molecule has 0 spiro atoms. The highest BCUT2D eigenvalue weighted by Gasteiger charge is 2.11. The third-order valence-electron chi connectivity index (χ3n) is 2.90. The predicted octanol–water partition coefficient (Wildman–Crippen LogP) is 3.79. The Balaban J connectivity index is 1.96. The third kappa shape index (κ3) is 4.73. The number of amides is 1. The summed E-state index contributed by atoms with van der Waals surface area (Å²) in [4.78, 5) is 23.3. The number of hydrogen-bond acceptors (Lipinski definition) is 4. The summed E-state index contributed by atoms with van der Waals surface area (Å²) in [6.07, 6.45) is 0.880. The summed E-state index contributed by atoms with van der Waals surface area (Å²) in [5.41, 5.74) is 1.60. The Morgan fingerprint density at radius 2 is 2.09 bits per heavy atom. The maximum Gasteiger partial charge on any atom is 0.306 e. The van der Waals surface area contributed by atoms with E-state index in [1.165, 1.54) is 0 Å². The molecule has 0 aliphatic rings. The second kappa shape index (κ2) is 7.79. The Morgan fingerprint density at radius 1 is 1.27 bits per heavy atom. The number of carbonyl (C=O) groups excluding carboxylic acids is 2. The van der Waals surface area contributed by atoms with Gasteiger partial charge in [-0.05, 0) is 59.1 Å². The molecule has 0 radical (unpaired) electrons. The second-order valence-corrected chi connectivity index (χ2v) is 5.34. The normalized spacial score (nSPS) is 10.3. The average molecular weight is 366 g/mol. The van der Waals surface area contributed by atoms with Crippen LogP contribution in [0.3, 0.4) is 0 Å². The van der Waals surface area contributed by atoms with Gasteiger partial charge in [-0.2, -0.15) is 0 Å². The molecule has 6 heteroatoms. The van der Waals surface area contributed by atoms with Gasteiger partial charge in [-0.1, -0.05) is 12.1 Å². The fourth-order valence-electron chi connectivity index (χ4n) is 1.91. The van der Waals surface area contributed by atoms with Crippen molar-refractivity contribution in [1.29, 1.82) is 0 Å². The van der Waals surface area contributed by atoms with Crippen molar-refractivity contribution in [1.82, 2.24) is 0 Å². The number of anilines is 1. The second-order valence-electron chi connectivity index (χ2n) is 4.56. The molecule has 1 aromatic heterocycles. The van der Waals surface area contributed by atoms with E-state index < -0.39 is 0 Å². The number of rotatable bonds is 6. The highest BCUT2D eigenvalue weighted by atomic mass is 79.9.